The van der Waals surface area contributed by atoms with Crippen molar-refractivity contribution in [1.82, 2.24) is 9.97 Å². The van der Waals surface area contributed by atoms with Gasteiger partial charge in [-0.1, -0.05) is 30.3 Å². The molecule has 6 nitrogen and oxygen atoms in total. The molecule has 3 aromatic rings. The maximum Gasteiger partial charge on any atom is 0.339 e. The highest BCUT2D eigenvalue weighted by molar-refractivity contribution is 6.04. The van der Waals surface area contributed by atoms with E-state index in [0.29, 0.717) is 5.69 Å². The minimum absolute atomic E-state index is 0.204. The van der Waals surface area contributed by atoms with Gasteiger partial charge in [0, 0.05) is 23.6 Å². The summed E-state index contributed by atoms with van der Waals surface area (Å²) in [4.78, 5) is 32.3. The molecule has 0 aliphatic heterocycles. The van der Waals surface area contributed by atoms with E-state index in [0.717, 1.165) is 16.8 Å². The molecule has 1 amide bonds. The maximum absolute atomic E-state index is 12.5. The van der Waals surface area contributed by atoms with E-state index in [-0.39, 0.29) is 17.2 Å². The van der Waals surface area contributed by atoms with Crippen molar-refractivity contribution in [3.05, 3.63) is 77.7 Å². The monoisotopic (exact) mass is 347 g/mol. The van der Waals surface area contributed by atoms with E-state index in [1.54, 1.807) is 12.3 Å². The largest absolute Gasteiger partial charge is 0.465 e. The predicted octanol–water partition coefficient (Wildman–Crippen LogP) is 3.49. The van der Waals surface area contributed by atoms with Gasteiger partial charge >= 0.3 is 5.97 Å². The summed E-state index contributed by atoms with van der Waals surface area (Å²) in [5, 5.41) is 2.84. The standard InChI is InChI=1S/C20H17N3O3/c1-13-16(10-11-21-18(13)14-6-4-3-5-7-14)23-19(24)17-9-8-15(12-22-17)20(25)26-2/h3-12H,1-2H3,(H,21,23,24). The lowest BCUT2D eigenvalue weighted by molar-refractivity contribution is 0.0600. The summed E-state index contributed by atoms with van der Waals surface area (Å²) in [7, 11) is 1.29. The van der Waals surface area contributed by atoms with Crippen molar-refractivity contribution in [3.63, 3.8) is 0 Å². The van der Waals surface area contributed by atoms with Crippen LogP contribution >= 0.6 is 0 Å². The van der Waals surface area contributed by atoms with Gasteiger partial charge in [-0.05, 0) is 30.7 Å². The quantitative estimate of drug-likeness (QED) is 0.731. The van der Waals surface area contributed by atoms with E-state index < -0.39 is 5.97 Å². The minimum atomic E-state index is -0.498. The third-order valence-electron chi connectivity index (χ3n) is 3.92. The Morgan fingerprint density at radius 1 is 1.00 bits per heavy atom. The van der Waals surface area contributed by atoms with Gasteiger partial charge in [-0.2, -0.15) is 0 Å². The zero-order valence-electron chi connectivity index (χ0n) is 14.4. The van der Waals surface area contributed by atoms with Crippen LogP contribution in [0, 0.1) is 6.92 Å². The van der Waals surface area contributed by atoms with Crippen molar-refractivity contribution in [2.45, 2.75) is 6.92 Å². The highest BCUT2D eigenvalue weighted by atomic mass is 16.5. The second-order valence-corrected chi connectivity index (χ2v) is 5.58. The van der Waals surface area contributed by atoms with Crippen LogP contribution in [0.3, 0.4) is 0 Å². The van der Waals surface area contributed by atoms with Gasteiger partial charge in [0.05, 0.1) is 18.4 Å². The summed E-state index contributed by atoms with van der Waals surface area (Å²) in [6.45, 7) is 1.90. The van der Waals surface area contributed by atoms with Gasteiger partial charge in [0.2, 0.25) is 0 Å². The average molecular weight is 347 g/mol. The number of hydrogen-bond donors (Lipinski definition) is 1. The van der Waals surface area contributed by atoms with Crippen molar-refractivity contribution in [2.75, 3.05) is 12.4 Å². The number of pyridine rings is 2. The number of benzene rings is 1. The van der Waals surface area contributed by atoms with E-state index in [1.165, 1.54) is 25.4 Å². The highest BCUT2D eigenvalue weighted by Crippen LogP contribution is 2.26. The van der Waals surface area contributed by atoms with Crippen molar-refractivity contribution >= 4 is 17.6 Å². The fraction of sp³-hybridized carbons (Fsp3) is 0.100. The third-order valence-corrected chi connectivity index (χ3v) is 3.92. The molecule has 1 N–H and O–H groups in total. The number of hydrogen-bond acceptors (Lipinski definition) is 5. The third kappa shape index (κ3) is 3.59. The Hall–Kier alpha value is -3.54. The van der Waals surface area contributed by atoms with Crippen LogP contribution in [0.1, 0.15) is 26.4 Å². The molecule has 2 heterocycles. The van der Waals surface area contributed by atoms with Crippen molar-refractivity contribution in [3.8, 4) is 11.3 Å². The molecule has 0 saturated carbocycles. The Kier molecular flexibility index (Phi) is 5.03. The minimum Gasteiger partial charge on any atom is -0.465 e. The van der Waals surface area contributed by atoms with Gasteiger partial charge < -0.3 is 10.1 Å². The molecule has 0 aliphatic rings. The van der Waals surface area contributed by atoms with Crippen molar-refractivity contribution < 1.29 is 14.3 Å². The number of anilines is 1. The van der Waals surface area contributed by atoms with Crippen molar-refractivity contribution in [1.29, 1.82) is 0 Å². The molecule has 0 spiro atoms. The molecule has 6 heteroatoms. The Morgan fingerprint density at radius 3 is 2.42 bits per heavy atom. The first kappa shape index (κ1) is 17.3. The van der Waals surface area contributed by atoms with Gasteiger partial charge in [-0.3, -0.25) is 14.8 Å². The maximum atomic E-state index is 12.5. The number of nitrogens with one attached hydrogen (secondary N) is 1. The number of carbonyl (C=O) groups is 2. The second-order valence-electron chi connectivity index (χ2n) is 5.58. The SMILES string of the molecule is COC(=O)c1ccc(C(=O)Nc2ccnc(-c3ccccc3)c2C)nc1. The van der Waals surface area contributed by atoms with E-state index in [2.05, 4.69) is 20.0 Å². The molecule has 0 bridgehead atoms. The Morgan fingerprint density at radius 2 is 1.77 bits per heavy atom. The molecule has 1 aromatic carbocycles. The van der Waals surface area contributed by atoms with Crippen LogP contribution in [-0.2, 0) is 4.74 Å². The van der Waals surface area contributed by atoms with Crippen LogP contribution in [0.5, 0.6) is 0 Å². The normalized spacial score (nSPS) is 10.2. The van der Waals surface area contributed by atoms with E-state index in [1.807, 2.05) is 37.3 Å². The smallest absolute Gasteiger partial charge is 0.339 e. The second kappa shape index (κ2) is 7.57. The summed E-state index contributed by atoms with van der Waals surface area (Å²) in [5.74, 6) is -0.864. The van der Waals surface area contributed by atoms with E-state index in [4.69, 9.17) is 0 Å². The molecular formula is C20H17N3O3. The van der Waals surface area contributed by atoms with Gasteiger partial charge in [0.25, 0.3) is 5.91 Å². The number of amides is 1. The summed E-state index contributed by atoms with van der Waals surface area (Å²) in [6.07, 6.45) is 2.97. The molecule has 0 atom stereocenters. The van der Waals surface area contributed by atoms with E-state index in [9.17, 15) is 9.59 Å². The van der Waals surface area contributed by atoms with Crippen LogP contribution in [0.4, 0.5) is 5.69 Å². The first-order valence-electron chi connectivity index (χ1n) is 7.97. The molecule has 3 rings (SSSR count). The van der Waals surface area contributed by atoms with E-state index >= 15 is 0 Å². The molecule has 26 heavy (non-hydrogen) atoms. The predicted molar refractivity (Wildman–Crippen MR) is 97.9 cm³/mol. The zero-order valence-corrected chi connectivity index (χ0v) is 14.4. The lowest BCUT2D eigenvalue weighted by atomic mass is 10.1. The molecule has 2 aromatic heterocycles. The number of nitrogens with zero attached hydrogens (tertiary/aromatic N) is 2. The summed E-state index contributed by atoms with van der Waals surface area (Å²) in [5.41, 5.74) is 3.78. The Bertz CT molecular complexity index is 938. The Labute approximate surface area is 150 Å². The zero-order chi connectivity index (χ0) is 18.5. The van der Waals surface area contributed by atoms with Gasteiger partial charge in [0.15, 0.2) is 0 Å². The first-order valence-corrected chi connectivity index (χ1v) is 7.97. The number of carbonyl (C=O) groups excluding carboxylic acids is 2. The van der Waals surface area contributed by atoms with Crippen LogP contribution in [0.15, 0.2) is 60.9 Å². The number of esters is 1. The van der Waals surface area contributed by atoms with Crippen molar-refractivity contribution in [2.24, 2.45) is 0 Å². The molecule has 130 valence electrons. The number of ether oxygens (including phenoxy) is 1. The Balaban J connectivity index is 1.83. The molecule has 0 unspecified atom stereocenters. The van der Waals surface area contributed by atoms with Crippen LogP contribution in [0.25, 0.3) is 11.3 Å². The summed E-state index contributed by atoms with van der Waals surface area (Å²) in [6, 6.07) is 14.5. The first-order chi connectivity index (χ1) is 12.6. The molecule has 0 radical (unpaired) electrons. The van der Waals surface area contributed by atoms with Crippen LogP contribution in [0.2, 0.25) is 0 Å². The summed E-state index contributed by atoms with van der Waals surface area (Å²) < 4.78 is 4.62. The lowest BCUT2D eigenvalue weighted by Crippen LogP contribution is -2.15. The number of rotatable bonds is 4. The highest BCUT2D eigenvalue weighted by Gasteiger charge is 2.13. The van der Waals surface area contributed by atoms with Gasteiger partial charge in [-0.15, -0.1) is 0 Å². The molecule has 0 aliphatic carbocycles. The average Bonchev–Trinajstić information content (AvgIpc) is 2.69. The van der Waals surface area contributed by atoms with Gasteiger partial charge in [0.1, 0.15) is 5.69 Å². The van der Waals surface area contributed by atoms with Crippen LogP contribution < -0.4 is 5.32 Å². The van der Waals surface area contributed by atoms with Crippen LogP contribution in [-0.4, -0.2) is 29.0 Å². The lowest BCUT2D eigenvalue weighted by Gasteiger charge is -2.12. The molecule has 0 fully saturated rings. The molecule has 0 saturated heterocycles. The number of aromatic nitrogens is 2. The summed E-state index contributed by atoms with van der Waals surface area (Å²) >= 11 is 0. The fourth-order valence-electron chi connectivity index (χ4n) is 2.51. The fourth-order valence-corrected chi connectivity index (χ4v) is 2.51. The topological polar surface area (TPSA) is 81.2 Å². The molecular weight excluding hydrogens is 330 g/mol. The van der Waals surface area contributed by atoms with Gasteiger partial charge in [-0.25, -0.2) is 4.79 Å². The number of methoxy groups -OCH3 is 1.